The quantitative estimate of drug-likeness (QED) is 0.583. The molecule has 32 heavy (non-hydrogen) atoms. The van der Waals surface area contributed by atoms with Gasteiger partial charge in [0.2, 0.25) is 11.8 Å². The molecule has 0 aromatic heterocycles. The Labute approximate surface area is 185 Å². The Morgan fingerprint density at radius 3 is 2.38 bits per heavy atom. The van der Waals surface area contributed by atoms with Crippen molar-refractivity contribution in [2.45, 2.75) is 25.3 Å². The van der Waals surface area contributed by atoms with Gasteiger partial charge in [0.05, 0.1) is 12.1 Å². The van der Waals surface area contributed by atoms with Crippen LogP contribution in [0.1, 0.15) is 29.6 Å². The van der Waals surface area contributed by atoms with Crippen LogP contribution in [-0.4, -0.2) is 54.8 Å². The van der Waals surface area contributed by atoms with Crippen LogP contribution in [-0.2, 0) is 9.59 Å². The minimum atomic E-state index is -0.948. The van der Waals surface area contributed by atoms with E-state index in [1.165, 1.54) is 0 Å². The Bertz CT molecular complexity index is 948. The molecule has 3 N–H and O–H groups in total. The van der Waals surface area contributed by atoms with Gasteiger partial charge in [-0.25, -0.2) is 8.78 Å². The van der Waals surface area contributed by atoms with E-state index < -0.39 is 17.5 Å². The Morgan fingerprint density at radius 2 is 1.69 bits per heavy atom. The second-order valence-electron chi connectivity index (χ2n) is 7.66. The van der Waals surface area contributed by atoms with E-state index in [-0.39, 0.29) is 36.4 Å². The molecule has 0 atom stereocenters. The summed E-state index contributed by atoms with van der Waals surface area (Å²) in [6.45, 7) is 1.71. The highest BCUT2D eigenvalue weighted by Crippen LogP contribution is 2.12. The number of rotatable bonds is 8. The normalized spacial score (nSPS) is 14.6. The Hall–Kier alpha value is -3.33. The number of hydrogen-bond acceptors (Lipinski definition) is 4. The fourth-order valence-electron chi connectivity index (χ4n) is 3.52. The van der Waals surface area contributed by atoms with E-state index in [9.17, 15) is 23.2 Å². The standard InChI is InChI=1S/C23H26F2N4O3/c24-16-6-7-19(20(25)14-16)23(32)26-11-8-21(30)27-18-9-12-29(13-10-18)15-22(31)28-17-4-2-1-3-5-17/h1-7,14,18H,8-13,15H2,(H,26,32)(H,27,30)(H,28,31). The molecule has 0 spiro atoms. The van der Waals surface area contributed by atoms with Gasteiger partial charge in [-0.3, -0.25) is 19.3 Å². The number of amides is 3. The van der Waals surface area contributed by atoms with Gasteiger partial charge < -0.3 is 16.0 Å². The van der Waals surface area contributed by atoms with Gasteiger partial charge in [-0.05, 0) is 37.1 Å². The van der Waals surface area contributed by atoms with Crippen molar-refractivity contribution in [2.24, 2.45) is 0 Å². The van der Waals surface area contributed by atoms with Gasteiger partial charge in [-0.1, -0.05) is 18.2 Å². The van der Waals surface area contributed by atoms with Gasteiger partial charge in [0.1, 0.15) is 11.6 Å². The Balaban J connectivity index is 1.32. The third-order valence-corrected chi connectivity index (χ3v) is 5.19. The van der Waals surface area contributed by atoms with Crippen molar-refractivity contribution in [2.75, 3.05) is 31.5 Å². The van der Waals surface area contributed by atoms with Crippen molar-refractivity contribution in [3.05, 3.63) is 65.7 Å². The number of likely N-dealkylation sites (tertiary alicyclic amines) is 1. The number of piperidine rings is 1. The number of halogens is 2. The number of hydrogen-bond donors (Lipinski definition) is 3. The molecule has 7 nitrogen and oxygen atoms in total. The van der Waals surface area contributed by atoms with Crippen molar-refractivity contribution in [1.29, 1.82) is 0 Å². The molecule has 0 unspecified atom stereocenters. The molecule has 1 saturated heterocycles. The van der Waals surface area contributed by atoms with Crippen LogP contribution in [0.3, 0.4) is 0 Å². The summed E-state index contributed by atoms with van der Waals surface area (Å²) in [6, 6.07) is 12.0. The molecule has 2 aromatic rings. The Kier molecular flexibility index (Phi) is 8.27. The van der Waals surface area contributed by atoms with Crippen molar-refractivity contribution >= 4 is 23.4 Å². The molecule has 3 amide bonds. The van der Waals surface area contributed by atoms with Crippen LogP contribution in [0.5, 0.6) is 0 Å². The van der Waals surface area contributed by atoms with Crippen molar-refractivity contribution < 1.29 is 23.2 Å². The highest BCUT2D eigenvalue weighted by atomic mass is 19.1. The summed E-state index contributed by atoms with van der Waals surface area (Å²) in [4.78, 5) is 38.3. The predicted octanol–water partition coefficient (Wildman–Crippen LogP) is 2.30. The molecule has 0 aliphatic carbocycles. The molecule has 0 radical (unpaired) electrons. The van der Waals surface area contributed by atoms with Crippen LogP contribution in [0.2, 0.25) is 0 Å². The van der Waals surface area contributed by atoms with Crippen LogP contribution < -0.4 is 16.0 Å². The zero-order valence-electron chi connectivity index (χ0n) is 17.6. The molecule has 0 bridgehead atoms. The lowest BCUT2D eigenvalue weighted by molar-refractivity contribution is -0.122. The lowest BCUT2D eigenvalue weighted by atomic mass is 10.0. The number of nitrogens with one attached hydrogen (secondary N) is 3. The van der Waals surface area contributed by atoms with Gasteiger partial charge >= 0.3 is 0 Å². The van der Waals surface area contributed by atoms with Crippen molar-refractivity contribution in [3.8, 4) is 0 Å². The molecule has 1 fully saturated rings. The molecule has 0 saturated carbocycles. The highest BCUT2D eigenvalue weighted by Gasteiger charge is 2.22. The molecule has 1 aliphatic rings. The summed E-state index contributed by atoms with van der Waals surface area (Å²) in [5.74, 6) is -2.70. The highest BCUT2D eigenvalue weighted by molar-refractivity contribution is 5.94. The lowest BCUT2D eigenvalue weighted by Gasteiger charge is -2.31. The minimum absolute atomic E-state index is 0.00109. The largest absolute Gasteiger partial charge is 0.353 e. The molecular weight excluding hydrogens is 418 g/mol. The lowest BCUT2D eigenvalue weighted by Crippen LogP contribution is -2.47. The first-order chi connectivity index (χ1) is 15.4. The van der Waals surface area contributed by atoms with Gasteiger partial charge in [0.25, 0.3) is 5.91 Å². The summed E-state index contributed by atoms with van der Waals surface area (Å²) >= 11 is 0. The van der Waals surface area contributed by atoms with Gasteiger partial charge in [-0.2, -0.15) is 0 Å². The van der Waals surface area contributed by atoms with Gasteiger partial charge in [0.15, 0.2) is 0 Å². The first-order valence-corrected chi connectivity index (χ1v) is 10.5. The van der Waals surface area contributed by atoms with Crippen molar-refractivity contribution in [1.82, 2.24) is 15.5 Å². The zero-order valence-corrected chi connectivity index (χ0v) is 17.6. The maximum atomic E-state index is 13.6. The summed E-state index contributed by atoms with van der Waals surface area (Å²) in [7, 11) is 0. The second-order valence-corrected chi connectivity index (χ2v) is 7.66. The molecule has 1 aliphatic heterocycles. The smallest absolute Gasteiger partial charge is 0.254 e. The van der Waals surface area contributed by atoms with E-state index >= 15 is 0 Å². The molecular formula is C23H26F2N4O3. The third-order valence-electron chi connectivity index (χ3n) is 5.19. The van der Waals surface area contributed by atoms with E-state index in [1.807, 2.05) is 35.2 Å². The maximum Gasteiger partial charge on any atom is 0.254 e. The number of carbonyl (C=O) groups is 3. The fraction of sp³-hybridized carbons (Fsp3) is 0.348. The first-order valence-electron chi connectivity index (χ1n) is 10.5. The summed E-state index contributed by atoms with van der Waals surface area (Å²) < 4.78 is 26.5. The van der Waals surface area contributed by atoms with Crippen LogP contribution in [0.15, 0.2) is 48.5 Å². The zero-order chi connectivity index (χ0) is 22.9. The molecule has 170 valence electrons. The van der Waals surface area contributed by atoms with Crippen LogP contribution in [0, 0.1) is 11.6 Å². The number of nitrogens with zero attached hydrogens (tertiary/aromatic N) is 1. The van der Waals surface area contributed by atoms with E-state index in [0.717, 1.165) is 30.7 Å². The molecule has 1 heterocycles. The average Bonchev–Trinajstić information content (AvgIpc) is 2.75. The van der Waals surface area contributed by atoms with Gasteiger partial charge in [-0.15, -0.1) is 0 Å². The monoisotopic (exact) mass is 444 g/mol. The van der Waals surface area contributed by atoms with E-state index in [0.29, 0.717) is 25.7 Å². The van der Waals surface area contributed by atoms with Crippen LogP contribution >= 0.6 is 0 Å². The third kappa shape index (κ3) is 7.12. The summed E-state index contributed by atoms with van der Waals surface area (Å²) in [5, 5.41) is 8.24. The molecule has 3 rings (SSSR count). The summed E-state index contributed by atoms with van der Waals surface area (Å²) in [6.07, 6.45) is 1.49. The minimum Gasteiger partial charge on any atom is -0.353 e. The molecule has 2 aromatic carbocycles. The topological polar surface area (TPSA) is 90.5 Å². The second kappa shape index (κ2) is 11.3. The number of para-hydroxylation sites is 1. The predicted molar refractivity (Wildman–Crippen MR) is 116 cm³/mol. The van der Waals surface area contributed by atoms with Crippen LogP contribution in [0.25, 0.3) is 0 Å². The SMILES string of the molecule is O=C(CN1CCC(NC(=O)CCNC(=O)c2ccc(F)cc2F)CC1)Nc1ccccc1. The first kappa shape index (κ1) is 23.3. The summed E-state index contributed by atoms with van der Waals surface area (Å²) in [5.41, 5.74) is 0.490. The average molecular weight is 444 g/mol. The van der Waals surface area contributed by atoms with E-state index in [1.54, 1.807) is 0 Å². The maximum absolute atomic E-state index is 13.6. The number of carbonyl (C=O) groups excluding carboxylic acids is 3. The van der Waals surface area contributed by atoms with Crippen LogP contribution in [0.4, 0.5) is 14.5 Å². The fourth-order valence-corrected chi connectivity index (χ4v) is 3.52. The number of benzene rings is 2. The van der Waals surface area contributed by atoms with E-state index in [4.69, 9.17) is 0 Å². The Morgan fingerprint density at radius 1 is 0.969 bits per heavy atom. The van der Waals surface area contributed by atoms with Gasteiger partial charge in [0, 0.05) is 43.9 Å². The number of anilines is 1. The molecule has 9 heteroatoms. The van der Waals surface area contributed by atoms with Crippen molar-refractivity contribution in [3.63, 3.8) is 0 Å². The van der Waals surface area contributed by atoms with E-state index in [2.05, 4.69) is 16.0 Å².